The zero-order valence-corrected chi connectivity index (χ0v) is 13.5. The first kappa shape index (κ1) is 16.2. The lowest BCUT2D eigenvalue weighted by atomic mass is 10.1. The number of fused-ring (bicyclic) bond motifs is 1. The molecule has 0 atom stereocenters. The van der Waals surface area contributed by atoms with E-state index in [2.05, 4.69) is 0 Å². The maximum absolute atomic E-state index is 12.2. The third kappa shape index (κ3) is 3.31. The molecule has 0 N–H and O–H groups in total. The highest BCUT2D eigenvalue weighted by Gasteiger charge is 2.34. The van der Waals surface area contributed by atoms with Gasteiger partial charge in [-0.15, -0.1) is 0 Å². The molecule has 1 aliphatic rings. The van der Waals surface area contributed by atoms with Gasteiger partial charge in [-0.25, -0.2) is 0 Å². The summed E-state index contributed by atoms with van der Waals surface area (Å²) in [7, 11) is 0. The van der Waals surface area contributed by atoms with Crippen molar-refractivity contribution in [1.29, 1.82) is 0 Å². The van der Waals surface area contributed by atoms with Gasteiger partial charge in [-0.2, -0.15) is 0 Å². The van der Waals surface area contributed by atoms with Gasteiger partial charge in [0, 0.05) is 18.0 Å². The van der Waals surface area contributed by atoms with E-state index in [4.69, 9.17) is 16.3 Å². The Morgan fingerprint density at radius 2 is 1.67 bits per heavy atom. The van der Waals surface area contributed by atoms with Crippen LogP contribution in [0.4, 0.5) is 0 Å². The molecule has 0 saturated carbocycles. The van der Waals surface area contributed by atoms with Crippen LogP contribution in [0.15, 0.2) is 48.5 Å². The number of esters is 1. The Kier molecular flexibility index (Phi) is 4.62. The van der Waals surface area contributed by atoms with E-state index in [-0.39, 0.29) is 24.8 Å². The van der Waals surface area contributed by atoms with Crippen LogP contribution in [-0.4, -0.2) is 29.2 Å². The zero-order valence-electron chi connectivity index (χ0n) is 12.7. The predicted octanol–water partition coefficient (Wildman–Crippen LogP) is 3.32. The SMILES string of the molecule is O=C(CCCN1C(=O)c2ccccc2C1=O)Oc1cccc(Cl)c1. The van der Waals surface area contributed by atoms with Crippen LogP contribution in [0.2, 0.25) is 5.02 Å². The Morgan fingerprint density at radius 3 is 2.29 bits per heavy atom. The minimum absolute atomic E-state index is 0.0971. The highest BCUT2D eigenvalue weighted by atomic mass is 35.5. The van der Waals surface area contributed by atoms with Crippen LogP contribution in [0.1, 0.15) is 33.6 Å². The number of hydrogen-bond acceptors (Lipinski definition) is 4. The highest BCUT2D eigenvalue weighted by molar-refractivity contribution is 6.30. The molecule has 1 heterocycles. The van der Waals surface area contributed by atoms with Gasteiger partial charge in [0.05, 0.1) is 11.1 Å². The summed E-state index contributed by atoms with van der Waals surface area (Å²) in [6, 6.07) is 13.2. The van der Waals surface area contributed by atoms with Crippen LogP contribution in [0, 0.1) is 0 Å². The molecule has 0 aromatic heterocycles. The molecule has 0 unspecified atom stereocenters. The van der Waals surface area contributed by atoms with E-state index in [1.807, 2.05) is 0 Å². The molecule has 1 aliphatic heterocycles. The quantitative estimate of drug-likeness (QED) is 0.474. The number of halogens is 1. The van der Waals surface area contributed by atoms with E-state index in [0.29, 0.717) is 28.3 Å². The van der Waals surface area contributed by atoms with Gasteiger partial charge < -0.3 is 4.74 Å². The lowest BCUT2D eigenvalue weighted by Crippen LogP contribution is -2.31. The standard InChI is InChI=1S/C18H14ClNO4/c19-12-5-3-6-13(11-12)24-16(21)9-4-10-20-17(22)14-7-1-2-8-15(14)18(20)23/h1-3,5-8,11H,4,9-10H2. The number of carbonyl (C=O) groups is 3. The Hall–Kier alpha value is -2.66. The lowest BCUT2D eigenvalue weighted by Gasteiger charge is -2.13. The van der Waals surface area contributed by atoms with E-state index in [9.17, 15) is 14.4 Å². The molecular formula is C18H14ClNO4. The summed E-state index contributed by atoms with van der Waals surface area (Å²) in [6.45, 7) is 0.178. The van der Waals surface area contributed by atoms with Crippen molar-refractivity contribution in [3.8, 4) is 5.75 Å². The molecule has 0 fully saturated rings. The van der Waals surface area contributed by atoms with Crippen LogP contribution in [0.25, 0.3) is 0 Å². The Labute approximate surface area is 143 Å². The molecule has 0 radical (unpaired) electrons. The highest BCUT2D eigenvalue weighted by Crippen LogP contribution is 2.23. The topological polar surface area (TPSA) is 63.7 Å². The molecule has 2 aromatic carbocycles. The molecule has 6 heteroatoms. The second-order valence-corrected chi connectivity index (χ2v) is 5.78. The lowest BCUT2D eigenvalue weighted by molar-refractivity contribution is -0.134. The molecule has 3 rings (SSSR count). The summed E-state index contributed by atoms with van der Waals surface area (Å²) in [5.74, 6) is -0.709. The van der Waals surface area contributed by atoms with Crippen LogP contribution in [0.5, 0.6) is 5.75 Å². The third-order valence-corrected chi connectivity index (χ3v) is 3.90. The minimum atomic E-state index is -0.436. The van der Waals surface area contributed by atoms with Gasteiger partial charge in [0.2, 0.25) is 0 Å². The predicted molar refractivity (Wildman–Crippen MR) is 88.1 cm³/mol. The fourth-order valence-electron chi connectivity index (χ4n) is 2.54. The first-order valence-corrected chi connectivity index (χ1v) is 7.85. The summed E-state index contributed by atoms with van der Waals surface area (Å²) in [4.78, 5) is 37.4. The molecule has 2 amide bonds. The van der Waals surface area contributed by atoms with Gasteiger partial charge in [0.1, 0.15) is 5.75 Å². The normalized spacial score (nSPS) is 13.1. The number of hydrogen-bond donors (Lipinski definition) is 0. The second kappa shape index (κ2) is 6.84. The van der Waals surface area contributed by atoms with E-state index in [1.165, 1.54) is 0 Å². The summed E-state index contributed by atoms with van der Waals surface area (Å²) >= 11 is 5.82. The van der Waals surface area contributed by atoms with Gasteiger partial charge in [0.25, 0.3) is 11.8 Å². The molecule has 5 nitrogen and oxygen atoms in total. The first-order chi connectivity index (χ1) is 11.6. The van der Waals surface area contributed by atoms with Gasteiger partial charge in [-0.1, -0.05) is 29.8 Å². The fourth-order valence-corrected chi connectivity index (χ4v) is 2.72. The van der Waals surface area contributed by atoms with Crippen LogP contribution in [0.3, 0.4) is 0 Å². The molecule has 24 heavy (non-hydrogen) atoms. The maximum Gasteiger partial charge on any atom is 0.311 e. The molecule has 0 spiro atoms. The first-order valence-electron chi connectivity index (χ1n) is 7.48. The van der Waals surface area contributed by atoms with Crippen molar-refractivity contribution in [2.24, 2.45) is 0 Å². The zero-order chi connectivity index (χ0) is 17.1. The number of rotatable bonds is 5. The Morgan fingerprint density at radius 1 is 1.00 bits per heavy atom. The van der Waals surface area contributed by atoms with Crippen LogP contribution in [-0.2, 0) is 4.79 Å². The van der Waals surface area contributed by atoms with E-state index < -0.39 is 5.97 Å². The van der Waals surface area contributed by atoms with Crippen molar-refractivity contribution in [3.05, 3.63) is 64.7 Å². The minimum Gasteiger partial charge on any atom is -0.426 e. The number of carbonyl (C=O) groups excluding carboxylic acids is 3. The molecular weight excluding hydrogens is 330 g/mol. The molecule has 2 aromatic rings. The second-order valence-electron chi connectivity index (χ2n) is 5.34. The smallest absolute Gasteiger partial charge is 0.311 e. The van der Waals surface area contributed by atoms with Gasteiger partial charge in [-0.3, -0.25) is 19.3 Å². The van der Waals surface area contributed by atoms with E-state index >= 15 is 0 Å². The van der Waals surface area contributed by atoms with Crippen molar-refractivity contribution >= 4 is 29.4 Å². The van der Waals surface area contributed by atoms with Gasteiger partial charge >= 0.3 is 5.97 Å². The Balaban J connectivity index is 1.53. The van der Waals surface area contributed by atoms with Gasteiger partial charge in [-0.05, 0) is 36.8 Å². The maximum atomic E-state index is 12.2. The molecule has 0 bridgehead atoms. The Bertz CT molecular complexity index is 783. The number of amides is 2. The molecule has 0 aliphatic carbocycles. The number of benzene rings is 2. The number of nitrogens with zero attached hydrogens (tertiary/aromatic N) is 1. The average Bonchev–Trinajstić information content (AvgIpc) is 2.80. The van der Waals surface area contributed by atoms with Crippen molar-refractivity contribution in [1.82, 2.24) is 4.90 Å². The van der Waals surface area contributed by atoms with Crippen LogP contribution < -0.4 is 4.74 Å². The largest absolute Gasteiger partial charge is 0.426 e. The number of imide groups is 1. The summed E-state index contributed by atoms with van der Waals surface area (Å²) < 4.78 is 5.16. The molecule has 0 saturated heterocycles. The van der Waals surface area contributed by atoms with Crippen molar-refractivity contribution in [3.63, 3.8) is 0 Å². The number of ether oxygens (including phenoxy) is 1. The van der Waals surface area contributed by atoms with Crippen molar-refractivity contribution < 1.29 is 19.1 Å². The fraction of sp³-hybridized carbons (Fsp3) is 0.167. The monoisotopic (exact) mass is 343 g/mol. The van der Waals surface area contributed by atoms with Crippen molar-refractivity contribution in [2.75, 3.05) is 6.54 Å². The van der Waals surface area contributed by atoms with Crippen LogP contribution >= 0.6 is 11.6 Å². The summed E-state index contributed by atoms with van der Waals surface area (Å²) in [5, 5.41) is 0.478. The third-order valence-electron chi connectivity index (χ3n) is 3.67. The van der Waals surface area contributed by atoms with E-state index in [1.54, 1.807) is 48.5 Å². The molecule has 122 valence electrons. The van der Waals surface area contributed by atoms with Gasteiger partial charge in [0.15, 0.2) is 0 Å². The average molecular weight is 344 g/mol. The summed E-state index contributed by atoms with van der Waals surface area (Å²) in [5.41, 5.74) is 0.813. The van der Waals surface area contributed by atoms with Crippen molar-refractivity contribution in [2.45, 2.75) is 12.8 Å². The summed E-state index contributed by atoms with van der Waals surface area (Å²) in [6.07, 6.45) is 0.435. The van der Waals surface area contributed by atoms with E-state index in [0.717, 1.165) is 4.90 Å².